The molecule has 8 heteroatoms. The van der Waals surface area contributed by atoms with Crippen molar-refractivity contribution in [3.05, 3.63) is 41.1 Å². The van der Waals surface area contributed by atoms with Gasteiger partial charge in [-0.05, 0) is 37.7 Å². The van der Waals surface area contributed by atoms with Gasteiger partial charge in [0.1, 0.15) is 23.2 Å². The fraction of sp³-hybridized carbons (Fsp3) is 0.500. The van der Waals surface area contributed by atoms with E-state index in [2.05, 4.69) is 27.5 Å². The molecule has 4 rings (SSSR count). The van der Waals surface area contributed by atoms with Crippen molar-refractivity contribution in [2.45, 2.75) is 51.7 Å². The molecule has 0 bridgehead atoms. The molecule has 168 valence electrons. The maximum atomic E-state index is 11.2. The third-order valence-electron chi connectivity index (χ3n) is 6.30. The smallest absolute Gasteiger partial charge is 0.144 e. The minimum Gasteiger partial charge on any atom is -0.381 e. The number of aliphatic hydroxyl groups is 1. The predicted molar refractivity (Wildman–Crippen MR) is 123 cm³/mol. The summed E-state index contributed by atoms with van der Waals surface area (Å²) in [5.74, 6) is 1.73. The minimum atomic E-state index is -1.30. The summed E-state index contributed by atoms with van der Waals surface area (Å²) >= 11 is 6.21. The fourth-order valence-electron chi connectivity index (χ4n) is 4.66. The van der Waals surface area contributed by atoms with Gasteiger partial charge in [0.25, 0.3) is 0 Å². The molecular weight excluding hydrogens is 426 g/mol. The number of hydrogen-bond donors (Lipinski definition) is 1. The molecule has 32 heavy (non-hydrogen) atoms. The van der Waals surface area contributed by atoms with E-state index in [0.717, 1.165) is 24.3 Å². The van der Waals surface area contributed by atoms with Crippen LogP contribution in [0.25, 0.3) is 22.3 Å². The monoisotopic (exact) mass is 453 g/mol. The Balaban J connectivity index is 1.95. The van der Waals surface area contributed by atoms with Crippen molar-refractivity contribution in [1.82, 2.24) is 19.5 Å². The van der Waals surface area contributed by atoms with E-state index < -0.39 is 5.60 Å². The topological polar surface area (TPSA) is 96.8 Å². The average Bonchev–Trinajstić information content (AvgIpc) is 3.14. The highest BCUT2D eigenvalue weighted by molar-refractivity contribution is 6.30. The molecule has 0 aromatic carbocycles. The lowest BCUT2D eigenvalue weighted by molar-refractivity contribution is -0.0299. The van der Waals surface area contributed by atoms with E-state index in [0.29, 0.717) is 40.1 Å². The van der Waals surface area contributed by atoms with Crippen molar-refractivity contribution in [1.29, 1.82) is 5.26 Å². The zero-order chi connectivity index (χ0) is 22.9. The quantitative estimate of drug-likeness (QED) is 0.581. The molecule has 0 radical (unpaired) electrons. The number of pyridine rings is 2. The second kappa shape index (κ2) is 9.14. The first-order chi connectivity index (χ1) is 15.3. The first-order valence-corrected chi connectivity index (χ1v) is 11.3. The van der Waals surface area contributed by atoms with Crippen LogP contribution in [-0.4, -0.2) is 38.3 Å². The van der Waals surface area contributed by atoms with Gasteiger partial charge in [-0.1, -0.05) is 31.4 Å². The van der Waals surface area contributed by atoms with Crippen LogP contribution in [0.5, 0.6) is 0 Å². The van der Waals surface area contributed by atoms with Gasteiger partial charge in [-0.2, -0.15) is 5.26 Å². The van der Waals surface area contributed by atoms with Crippen LogP contribution in [0.1, 0.15) is 51.0 Å². The normalized spacial score (nSPS) is 20.8. The summed E-state index contributed by atoms with van der Waals surface area (Å²) in [7, 11) is 1.56. The van der Waals surface area contributed by atoms with Crippen molar-refractivity contribution >= 4 is 22.6 Å². The van der Waals surface area contributed by atoms with Crippen LogP contribution in [0.3, 0.4) is 0 Å². The highest BCUT2D eigenvalue weighted by atomic mass is 35.5. The summed E-state index contributed by atoms with van der Waals surface area (Å²) in [6.07, 6.45) is 7.90. The molecule has 3 aromatic heterocycles. The van der Waals surface area contributed by atoms with Crippen LogP contribution in [0.2, 0.25) is 5.02 Å². The standard InChI is InChI=1S/C24H28ClN5O2/c1-15-4-6-16(7-5-15)13-30-22-20(29-23(30)24(2,31)14-32-3)9-19(10-26)28-21(22)17-8-18(25)12-27-11-17/h8-9,11-12,15-16,31H,4-7,13-14H2,1-3H3. The third kappa shape index (κ3) is 4.49. The molecule has 1 aliphatic carbocycles. The van der Waals surface area contributed by atoms with Gasteiger partial charge in [0.15, 0.2) is 0 Å². The second-order valence-corrected chi connectivity index (χ2v) is 9.54. The lowest BCUT2D eigenvalue weighted by Gasteiger charge is -2.29. The van der Waals surface area contributed by atoms with E-state index in [4.69, 9.17) is 21.3 Å². The fourth-order valence-corrected chi connectivity index (χ4v) is 4.83. The number of methoxy groups -OCH3 is 1. The molecular formula is C24H28ClN5O2. The molecule has 0 spiro atoms. The Morgan fingerprint density at radius 1 is 1.25 bits per heavy atom. The SMILES string of the molecule is COCC(C)(O)c1nc2cc(C#N)nc(-c3cncc(Cl)c3)c2n1CC1CCC(C)CC1. The minimum absolute atomic E-state index is 0.102. The number of aromatic nitrogens is 4. The van der Waals surface area contributed by atoms with Gasteiger partial charge in [-0.15, -0.1) is 0 Å². The van der Waals surface area contributed by atoms with E-state index in [1.165, 1.54) is 12.8 Å². The second-order valence-electron chi connectivity index (χ2n) is 9.11. The molecule has 7 nitrogen and oxygen atoms in total. The van der Waals surface area contributed by atoms with Gasteiger partial charge in [-0.25, -0.2) is 9.97 Å². The number of halogens is 1. The molecule has 1 saturated carbocycles. The number of nitriles is 1. The Labute approximate surface area is 193 Å². The molecule has 0 saturated heterocycles. The molecule has 1 N–H and O–H groups in total. The summed E-state index contributed by atoms with van der Waals surface area (Å²) in [5, 5.41) is 21.3. The number of imidazole rings is 1. The molecule has 1 atom stereocenters. The first kappa shape index (κ1) is 22.7. The van der Waals surface area contributed by atoms with E-state index in [1.807, 2.05) is 0 Å². The van der Waals surface area contributed by atoms with Crippen LogP contribution in [-0.2, 0) is 16.9 Å². The summed E-state index contributed by atoms with van der Waals surface area (Å²) in [4.78, 5) is 13.6. The van der Waals surface area contributed by atoms with Crippen molar-refractivity contribution in [3.8, 4) is 17.3 Å². The molecule has 1 fully saturated rings. The van der Waals surface area contributed by atoms with Crippen molar-refractivity contribution in [2.75, 3.05) is 13.7 Å². The van der Waals surface area contributed by atoms with Gasteiger partial charge < -0.3 is 14.4 Å². The van der Waals surface area contributed by atoms with Gasteiger partial charge in [-0.3, -0.25) is 4.98 Å². The molecule has 3 aromatic rings. The van der Waals surface area contributed by atoms with E-state index in [-0.39, 0.29) is 12.3 Å². The van der Waals surface area contributed by atoms with Crippen molar-refractivity contribution in [2.24, 2.45) is 11.8 Å². The lowest BCUT2D eigenvalue weighted by Crippen LogP contribution is -2.32. The van der Waals surface area contributed by atoms with Crippen molar-refractivity contribution < 1.29 is 9.84 Å². The van der Waals surface area contributed by atoms with Crippen LogP contribution in [0.4, 0.5) is 0 Å². The lowest BCUT2D eigenvalue weighted by atomic mass is 9.83. The first-order valence-electron chi connectivity index (χ1n) is 11.0. The Hall–Kier alpha value is -2.53. The molecule has 1 aliphatic rings. The summed E-state index contributed by atoms with van der Waals surface area (Å²) in [6.45, 7) is 4.82. The van der Waals surface area contributed by atoms with Crippen LogP contribution >= 0.6 is 11.6 Å². The Morgan fingerprint density at radius 3 is 2.66 bits per heavy atom. The van der Waals surface area contributed by atoms with Gasteiger partial charge in [0, 0.05) is 37.7 Å². The Kier molecular flexibility index (Phi) is 6.47. The maximum Gasteiger partial charge on any atom is 0.144 e. The van der Waals surface area contributed by atoms with Gasteiger partial charge in [0.2, 0.25) is 0 Å². The van der Waals surface area contributed by atoms with E-state index >= 15 is 0 Å². The number of nitrogens with zero attached hydrogens (tertiary/aromatic N) is 5. The molecule has 0 amide bonds. The predicted octanol–water partition coefficient (Wildman–Crippen LogP) is 4.70. The zero-order valence-corrected chi connectivity index (χ0v) is 19.4. The van der Waals surface area contributed by atoms with Crippen molar-refractivity contribution in [3.63, 3.8) is 0 Å². The van der Waals surface area contributed by atoms with Crippen LogP contribution in [0, 0.1) is 23.2 Å². The average molecular weight is 454 g/mol. The summed E-state index contributed by atoms with van der Waals surface area (Å²) in [6, 6.07) is 5.57. The largest absolute Gasteiger partial charge is 0.381 e. The van der Waals surface area contributed by atoms with Crippen LogP contribution < -0.4 is 0 Å². The summed E-state index contributed by atoms with van der Waals surface area (Å²) < 4.78 is 7.36. The molecule has 1 unspecified atom stereocenters. The zero-order valence-electron chi connectivity index (χ0n) is 18.7. The Morgan fingerprint density at radius 2 is 2.00 bits per heavy atom. The Bertz CT molecular complexity index is 1160. The third-order valence-corrected chi connectivity index (χ3v) is 6.51. The summed E-state index contributed by atoms with van der Waals surface area (Å²) in [5.41, 5.74) is 1.63. The highest BCUT2D eigenvalue weighted by Gasteiger charge is 2.33. The van der Waals surface area contributed by atoms with E-state index in [9.17, 15) is 10.4 Å². The maximum absolute atomic E-state index is 11.2. The molecule has 0 aliphatic heterocycles. The number of rotatable bonds is 6. The van der Waals surface area contributed by atoms with Gasteiger partial charge >= 0.3 is 0 Å². The number of ether oxygens (including phenoxy) is 1. The number of fused-ring (bicyclic) bond motifs is 1. The number of hydrogen-bond acceptors (Lipinski definition) is 6. The van der Waals surface area contributed by atoms with Gasteiger partial charge in [0.05, 0.1) is 28.4 Å². The van der Waals surface area contributed by atoms with Crippen LogP contribution in [0.15, 0.2) is 24.5 Å². The highest BCUT2D eigenvalue weighted by Crippen LogP contribution is 2.36. The van der Waals surface area contributed by atoms with E-state index in [1.54, 1.807) is 38.6 Å². The molecule has 3 heterocycles.